The van der Waals surface area contributed by atoms with Crippen molar-refractivity contribution in [1.82, 2.24) is 0 Å². The second kappa shape index (κ2) is 6.22. The summed E-state index contributed by atoms with van der Waals surface area (Å²) in [6, 6.07) is 3.49. The van der Waals surface area contributed by atoms with Crippen LogP contribution in [-0.4, -0.2) is 11.5 Å². The highest BCUT2D eigenvalue weighted by Gasteiger charge is 2.31. The molecule has 1 fully saturated rings. The Balaban J connectivity index is 2.17. The maximum atomic E-state index is 12.7. The molecule has 2 nitrogen and oxygen atoms in total. The molecule has 2 atom stereocenters. The highest BCUT2D eigenvalue weighted by molar-refractivity contribution is 7.80. The van der Waals surface area contributed by atoms with Crippen molar-refractivity contribution >= 4 is 22.9 Å². The van der Waals surface area contributed by atoms with Gasteiger partial charge in [-0.1, -0.05) is 32.0 Å². The van der Waals surface area contributed by atoms with E-state index in [2.05, 4.69) is 12.2 Å². The minimum Gasteiger partial charge on any atom is -0.389 e. The molecule has 0 heterocycles. The number of anilines is 1. The highest BCUT2D eigenvalue weighted by Crippen LogP contribution is 2.34. The van der Waals surface area contributed by atoms with Gasteiger partial charge in [0.15, 0.2) is 0 Å². The Hall–Kier alpha value is -1.30. The summed E-state index contributed by atoms with van der Waals surface area (Å²) >= 11 is 4.87. The zero-order valence-corrected chi connectivity index (χ0v) is 12.7. The first-order chi connectivity index (χ1) is 9.79. The van der Waals surface area contributed by atoms with Crippen LogP contribution in [0.25, 0.3) is 0 Å². The first-order valence-electron chi connectivity index (χ1n) is 7.04. The molecule has 0 aromatic heterocycles. The van der Waals surface area contributed by atoms with E-state index in [0.29, 0.717) is 17.5 Å². The van der Waals surface area contributed by atoms with Crippen molar-refractivity contribution in [1.29, 1.82) is 0 Å². The minimum absolute atomic E-state index is 0.0249. The van der Waals surface area contributed by atoms with Gasteiger partial charge in [0.1, 0.15) is 4.99 Å². The normalized spacial score (nSPS) is 22.3. The van der Waals surface area contributed by atoms with E-state index in [1.165, 1.54) is 18.9 Å². The average Bonchev–Trinajstić information content (AvgIpc) is 2.80. The van der Waals surface area contributed by atoms with E-state index in [4.69, 9.17) is 18.0 Å². The van der Waals surface area contributed by atoms with Gasteiger partial charge in [0, 0.05) is 17.8 Å². The van der Waals surface area contributed by atoms with Crippen molar-refractivity contribution in [2.75, 3.05) is 11.9 Å². The molecule has 116 valence electrons. The monoisotopic (exact) mass is 316 g/mol. The summed E-state index contributed by atoms with van der Waals surface area (Å²) in [4.78, 5) is -0.0249. The van der Waals surface area contributed by atoms with Crippen LogP contribution in [0.5, 0.6) is 0 Å². The summed E-state index contributed by atoms with van der Waals surface area (Å²) in [5.41, 5.74) is 5.66. The van der Waals surface area contributed by atoms with Crippen LogP contribution in [0.15, 0.2) is 18.2 Å². The molecule has 1 aromatic rings. The van der Waals surface area contributed by atoms with Crippen LogP contribution < -0.4 is 11.1 Å². The number of nitrogens with two attached hydrogens (primary N) is 1. The molecular weight excluding hydrogens is 297 g/mol. The molecule has 1 aliphatic carbocycles. The van der Waals surface area contributed by atoms with E-state index in [-0.39, 0.29) is 10.6 Å². The largest absolute Gasteiger partial charge is 0.416 e. The van der Waals surface area contributed by atoms with Crippen molar-refractivity contribution in [2.45, 2.75) is 32.4 Å². The highest BCUT2D eigenvalue weighted by atomic mass is 32.1. The van der Waals surface area contributed by atoms with Gasteiger partial charge >= 0.3 is 6.18 Å². The Morgan fingerprint density at radius 2 is 2.10 bits per heavy atom. The van der Waals surface area contributed by atoms with Gasteiger partial charge in [-0.05, 0) is 36.5 Å². The SMILES string of the molecule is CC1CCCC1CNc1ccc(C(F)(F)F)cc1C(N)=S. The lowest BCUT2D eigenvalue weighted by molar-refractivity contribution is -0.137. The number of halogens is 3. The van der Waals surface area contributed by atoms with Crippen LogP contribution >= 0.6 is 12.2 Å². The summed E-state index contributed by atoms with van der Waals surface area (Å²) in [5.74, 6) is 1.19. The lowest BCUT2D eigenvalue weighted by atomic mass is 9.98. The van der Waals surface area contributed by atoms with Crippen molar-refractivity contribution in [3.05, 3.63) is 29.3 Å². The van der Waals surface area contributed by atoms with Crippen LogP contribution in [0.3, 0.4) is 0 Å². The van der Waals surface area contributed by atoms with Crippen molar-refractivity contribution in [3.63, 3.8) is 0 Å². The van der Waals surface area contributed by atoms with Crippen LogP contribution in [-0.2, 0) is 6.18 Å². The fourth-order valence-corrected chi connectivity index (χ4v) is 3.01. The third-order valence-corrected chi connectivity index (χ3v) is 4.43. The lowest BCUT2D eigenvalue weighted by Crippen LogP contribution is -2.20. The Morgan fingerprint density at radius 1 is 1.38 bits per heavy atom. The van der Waals surface area contributed by atoms with Crippen LogP contribution in [0, 0.1) is 11.8 Å². The zero-order valence-electron chi connectivity index (χ0n) is 11.8. The maximum absolute atomic E-state index is 12.7. The van der Waals surface area contributed by atoms with Gasteiger partial charge in [-0.3, -0.25) is 0 Å². The number of alkyl halides is 3. The van der Waals surface area contributed by atoms with E-state index in [0.717, 1.165) is 25.1 Å². The zero-order chi connectivity index (χ0) is 15.6. The fourth-order valence-electron chi connectivity index (χ4n) is 2.85. The standard InChI is InChI=1S/C15H19F3N2S/c1-9-3-2-4-10(9)8-20-13-6-5-11(15(16,17)18)7-12(13)14(19)21/h5-7,9-10,20H,2-4,8H2,1H3,(H2,19,21). The summed E-state index contributed by atoms with van der Waals surface area (Å²) in [7, 11) is 0. The molecule has 0 amide bonds. The summed E-state index contributed by atoms with van der Waals surface area (Å²) in [5, 5.41) is 3.21. The summed E-state index contributed by atoms with van der Waals surface area (Å²) < 4.78 is 38.2. The number of hydrogen-bond donors (Lipinski definition) is 2. The molecule has 21 heavy (non-hydrogen) atoms. The molecule has 1 aromatic carbocycles. The third kappa shape index (κ3) is 3.87. The molecule has 0 aliphatic heterocycles. The van der Waals surface area contributed by atoms with Gasteiger partial charge in [-0.15, -0.1) is 0 Å². The minimum atomic E-state index is -4.39. The van der Waals surface area contributed by atoms with E-state index < -0.39 is 11.7 Å². The summed E-state index contributed by atoms with van der Waals surface area (Å²) in [6.07, 6.45) is -0.820. The molecule has 0 spiro atoms. The number of rotatable bonds is 4. The smallest absolute Gasteiger partial charge is 0.389 e. The van der Waals surface area contributed by atoms with Gasteiger partial charge < -0.3 is 11.1 Å². The van der Waals surface area contributed by atoms with Gasteiger partial charge in [0.05, 0.1) is 5.56 Å². The molecule has 1 aliphatic rings. The molecule has 1 saturated carbocycles. The van der Waals surface area contributed by atoms with Crippen molar-refractivity contribution in [2.24, 2.45) is 17.6 Å². The molecule has 2 unspecified atom stereocenters. The lowest BCUT2D eigenvalue weighted by Gasteiger charge is -2.19. The Labute approximate surface area is 127 Å². The third-order valence-electron chi connectivity index (χ3n) is 4.21. The number of hydrogen-bond acceptors (Lipinski definition) is 2. The fraction of sp³-hybridized carbons (Fsp3) is 0.533. The average molecular weight is 316 g/mol. The topological polar surface area (TPSA) is 38.0 Å². The molecule has 0 bridgehead atoms. The van der Waals surface area contributed by atoms with Crippen molar-refractivity contribution in [3.8, 4) is 0 Å². The molecule has 3 N–H and O–H groups in total. The summed E-state index contributed by atoms with van der Waals surface area (Å²) in [6.45, 7) is 2.95. The van der Waals surface area contributed by atoms with E-state index in [1.807, 2.05) is 0 Å². The Kier molecular flexibility index (Phi) is 4.76. The van der Waals surface area contributed by atoms with Crippen LogP contribution in [0.1, 0.15) is 37.3 Å². The van der Waals surface area contributed by atoms with E-state index in [1.54, 1.807) is 0 Å². The van der Waals surface area contributed by atoms with Gasteiger partial charge in [0.2, 0.25) is 0 Å². The van der Waals surface area contributed by atoms with Crippen LogP contribution in [0.4, 0.5) is 18.9 Å². The molecule has 2 rings (SSSR count). The molecule has 0 radical (unpaired) electrons. The van der Waals surface area contributed by atoms with Crippen LogP contribution in [0.2, 0.25) is 0 Å². The predicted molar refractivity (Wildman–Crippen MR) is 82.3 cm³/mol. The van der Waals surface area contributed by atoms with E-state index in [9.17, 15) is 13.2 Å². The quantitative estimate of drug-likeness (QED) is 0.818. The molecule has 6 heteroatoms. The molecule has 0 saturated heterocycles. The first-order valence-corrected chi connectivity index (χ1v) is 7.45. The maximum Gasteiger partial charge on any atom is 0.416 e. The predicted octanol–water partition coefficient (Wildman–Crippen LogP) is 4.19. The number of nitrogens with one attached hydrogen (secondary N) is 1. The van der Waals surface area contributed by atoms with Gasteiger partial charge in [0.25, 0.3) is 0 Å². The second-order valence-electron chi connectivity index (χ2n) is 5.67. The Morgan fingerprint density at radius 3 is 2.62 bits per heavy atom. The number of benzene rings is 1. The molecular formula is C15H19F3N2S. The second-order valence-corrected chi connectivity index (χ2v) is 6.11. The number of thiocarbonyl (C=S) groups is 1. The Bertz CT molecular complexity index is 528. The van der Waals surface area contributed by atoms with Crippen molar-refractivity contribution < 1.29 is 13.2 Å². The first kappa shape index (κ1) is 16.1. The van der Waals surface area contributed by atoms with Gasteiger partial charge in [-0.2, -0.15) is 13.2 Å². The van der Waals surface area contributed by atoms with Gasteiger partial charge in [-0.25, -0.2) is 0 Å². The van der Waals surface area contributed by atoms with E-state index >= 15 is 0 Å².